The number of anilines is 6. The van der Waals surface area contributed by atoms with E-state index in [2.05, 4.69) is 209 Å². The van der Waals surface area contributed by atoms with Gasteiger partial charge >= 0.3 is 0 Å². The third-order valence-corrected chi connectivity index (χ3v) is 16.7. The van der Waals surface area contributed by atoms with Crippen molar-refractivity contribution in [2.45, 2.75) is 57.8 Å². The fourth-order valence-electron chi connectivity index (χ4n) is 12.6. The molecule has 0 amide bonds. The molecule has 374 valence electrons. The van der Waals surface area contributed by atoms with Gasteiger partial charge < -0.3 is 9.80 Å². The van der Waals surface area contributed by atoms with Gasteiger partial charge in [-0.25, -0.2) is 8.78 Å². The summed E-state index contributed by atoms with van der Waals surface area (Å²) >= 11 is 0. The van der Waals surface area contributed by atoms with E-state index in [1.807, 2.05) is 60.7 Å². The van der Waals surface area contributed by atoms with Crippen molar-refractivity contribution >= 4 is 58.4 Å². The van der Waals surface area contributed by atoms with Crippen molar-refractivity contribution in [3.05, 3.63) is 286 Å². The number of fused-ring (bicyclic) bond motifs is 9. The van der Waals surface area contributed by atoms with Gasteiger partial charge in [-0.2, -0.15) is 0 Å². The topological polar surface area (TPSA) is 6.48 Å². The molecular formula is C73H58F2N2. The second kappa shape index (κ2) is 18.2. The summed E-state index contributed by atoms with van der Waals surface area (Å²) < 4.78 is 28.2. The zero-order chi connectivity index (χ0) is 52.8. The van der Waals surface area contributed by atoms with Gasteiger partial charge in [0.2, 0.25) is 0 Å². The van der Waals surface area contributed by atoms with Crippen LogP contribution < -0.4 is 9.80 Å². The standard InChI is InChI=1S/C73H58F2N2/c1-71(2)65-41-47(17-19-49-23-37-61-63-39-33-57(45-69(63)72(3,4)67(61)43-49)76(53-13-9-7-10-14-53)55-29-25-51(74)26-30-55)21-35-59(65)60-36-22-48(42-66(60)71)18-20-50-24-38-62-64-40-34-58(46-70(64)73(5,6)68(62)44-50)77(54-15-11-8-12-16-54)56-31-27-52(75)28-32-56/h7-46H,1-6H3/b19-17+,20-18+. The van der Waals surface area contributed by atoms with E-state index in [0.29, 0.717) is 0 Å². The second-order valence-electron chi connectivity index (χ2n) is 22.5. The van der Waals surface area contributed by atoms with Crippen LogP contribution in [0.3, 0.4) is 0 Å². The first-order valence-electron chi connectivity index (χ1n) is 26.7. The fraction of sp³-hybridized carbons (Fsp3) is 0.123. The molecule has 0 unspecified atom stereocenters. The molecule has 0 spiro atoms. The Kier molecular flexibility index (Phi) is 11.3. The van der Waals surface area contributed by atoms with Gasteiger partial charge in [-0.1, -0.05) is 187 Å². The predicted octanol–water partition coefficient (Wildman–Crippen LogP) is 20.2. The van der Waals surface area contributed by atoms with E-state index >= 15 is 0 Å². The Morgan fingerprint density at radius 1 is 0.260 bits per heavy atom. The Balaban J connectivity index is 0.730. The van der Waals surface area contributed by atoms with Crippen molar-refractivity contribution in [1.29, 1.82) is 0 Å². The third kappa shape index (κ3) is 8.13. The SMILES string of the molecule is CC1(C)c2cc(/C=C/c3ccc4c(c3)C(C)(C)c3cc(N(c5ccccc5)c5ccc(F)cc5)ccc3-4)ccc2-c2ccc(/C=C/c3ccc4c(c3)C(C)(C)c3cc(N(c5ccccc5)c5ccc(F)cc5)ccc3-4)cc21. The molecular weight excluding hydrogens is 943 g/mol. The van der Waals surface area contributed by atoms with Crippen LogP contribution >= 0.6 is 0 Å². The summed E-state index contributed by atoms with van der Waals surface area (Å²) in [5, 5.41) is 0. The first kappa shape index (κ1) is 47.8. The largest absolute Gasteiger partial charge is 0.310 e. The molecule has 0 bridgehead atoms. The fourth-order valence-corrected chi connectivity index (χ4v) is 12.6. The van der Waals surface area contributed by atoms with Crippen LogP contribution in [0.5, 0.6) is 0 Å². The summed E-state index contributed by atoms with van der Waals surface area (Å²) in [5.74, 6) is -0.499. The minimum absolute atomic E-state index is 0.178. The zero-order valence-corrected chi connectivity index (χ0v) is 44.2. The van der Waals surface area contributed by atoms with E-state index < -0.39 is 0 Å². The molecule has 0 atom stereocenters. The van der Waals surface area contributed by atoms with Crippen LogP contribution in [-0.4, -0.2) is 0 Å². The van der Waals surface area contributed by atoms with Crippen LogP contribution in [0, 0.1) is 11.6 Å². The summed E-state index contributed by atoms with van der Waals surface area (Å²) in [6, 6.07) is 75.2. The van der Waals surface area contributed by atoms with Crippen LogP contribution in [0.15, 0.2) is 218 Å². The Hall–Kier alpha value is -8.86. The monoisotopic (exact) mass is 1000 g/mol. The van der Waals surface area contributed by atoms with E-state index in [4.69, 9.17) is 0 Å². The van der Waals surface area contributed by atoms with Gasteiger partial charge in [0, 0.05) is 50.4 Å². The first-order valence-corrected chi connectivity index (χ1v) is 26.7. The normalized spacial score (nSPS) is 14.7. The quantitative estimate of drug-likeness (QED) is 0.126. The number of rotatable bonds is 10. The number of benzene rings is 10. The number of para-hydroxylation sites is 2. The van der Waals surface area contributed by atoms with Gasteiger partial charge in [-0.3, -0.25) is 0 Å². The molecule has 0 aliphatic heterocycles. The lowest BCUT2D eigenvalue weighted by Crippen LogP contribution is -2.16. The van der Waals surface area contributed by atoms with Crippen LogP contribution in [0.1, 0.15) is 97.2 Å². The molecule has 0 fully saturated rings. The maximum absolute atomic E-state index is 14.1. The summed E-state index contributed by atoms with van der Waals surface area (Å²) in [7, 11) is 0. The Morgan fingerprint density at radius 3 is 0.779 bits per heavy atom. The van der Waals surface area contributed by atoms with Crippen molar-refractivity contribution in [2.24, 2.45) is 0 Å². The number of hydrogen-bond acceptors (Lipinski definition) is 2. The maximum atomic E-state index is 14.1. The Labute approximate surface area is 451 Å². The van der Waals surface area contributed by atoms with Crippen LogP contribution in [0.2, 0.25) is 0 Å². The highest BCUT2D eigenvalue weighted by atomic mass is 19.1. The summed E-state index contributed by atoms with van der Waals surface area (Å²) in [6.07, 6.45) is 9.01. The predicted molar refractivity (Wildman–Crippen MR) is 319 cm³/mol. The minimum Gasteiger partial charge on any atom is -0.310 e. The number of halogens is 2. The average molecular weight is 1000 g/mol. The van der Waals surface area contributed by atoms with Gasteiger partial charge in [-0.05, 0) is 186 Å². The molecule has 0 radical (unpaired) electrons. The number of nitrogens with zero attached hydrogens (tertiary/aromatic N) is 2. The third-order valence-electron chi connectivity index (χ3n) is 16.7. The van der Waals surface area contributed by atoms with Crippen molar-refractivity contribution in [1.82, 2.24) is 0 Å². The molecule has 0 saturated heterocycles. The van der Waals surface area contributed by atoms with Gasteiger partial charge in [0.1, 0.15) is 11.6 Å². The average Bonchev–Trinajstić information content (AvgIpc) is 4.07. The molecule has 2 nitrogen and oxygen atoms in total. The molecule has 3 aliphatic carbocycles. The lowest BCUT2D eigenvalue weighted by Gasteiger charge is -2.28. The van der Waals surface area contributed by atoms with Gasteiger partial charge in [0.05, 0.1) is 0 Å². The molecule has 0 aromatic heterocycles. The van der Waals surface area contributed by atoms with Gasteiger partial charge in [0.15, 0.2) is 0 Å². The van der Waals surface area contributed by atoms with Crippen molar-refractivity contribution in [2.75, 3.05) is 9.80 Å². The maximum Gasteiger partial charge on any atom is 0.123 e. The highest BCUT2D eigenvalue weighted by Crippen LogP contribution is 2.54. The van der Waals surface area contributed by atoms with Gasteiger partial charge in [-0.15, -0.1) is 0 Å². The van der Waals surface area contributed by atoms with E-state index in [9.17, 15) is 8.78 Å². The number of hydrogen-bond donors (Lipinski definition) is 0. The van der Waals surface area contributed by atoms with Crippen LogP contribution in [0.4, 0.5) is 42.9 Å². The first-order chi connectivity index (χ1) is 37.2. The van der Waals surface area contributed by atoms with E-state index in [-0.39, 0.29) is 27.9 Å². The van der Waals surface area contributed by atoms with Gasteiger partial charge in [0.25, 0.3) is 0 Å². The summed E-state index contributed by atoms with van der Waals surface area (Å²) in [6.45, 7) is 14.0. The van der Waals surface area contributed by atoms with Crippen molar-refractivity contribution < 1.29 is 8.78 Å². The Morgan fingerprint density at radius 2 is 0.494 bits per heavy atom. The summed E-state index contributed by atoms with van der Waals surface area (Å²) in [4.78, 5) is 4.40. The van der Waals surface area contributed by atoms with Crippen LogP contribution in [-0.2, 0) is 16.2 Å². The van der Waals surface area contributed by atoms with Crippen molar-refractivity contribution in [3.8, 4) is 33.4 Å². The molecule has 13 rings (SSSR count). The molecule has 4 heteroatoms. The smallest absolute Gasteiger partial charge is 0.123 e. The minimum atomic E-state index is -0.250. The second-order valence-corrected chi connectivity index (χ2v) is 22.5. The highest BCUT2D eigenvalue weighted by Gasteiger charge is 2.39. The molecule has 0 N–H and O–H groups in total. The Bertz CT molecular complexity index is 3750. The molecule has 0 heterocycles. The molecule has 3 aliphatic rings. The zero-order valence-electron chi connectivity index (χ0n) is 44.2. The molecule has 10 aromatic carbocycles. The lowest BCUT2D eigenvalue weighted by molar-refractivity contribution is 0.627. The molecule has 0 saturated carbocycles. The highest BCUT2D eigenvalue weighted by molar-refractivity contribution is 5.90. The molecule has 10 aromatic rings. The van der Waals surface area contributed by atoms with E-state index in [0.717, 1.165) is 34.1 Å². The van der Waals surface area contributed by atoms with E-state index in [1.165, 1.54) is 113 Å². The van der Waals surface area contributed by atoms with E-state index in [1.54, 1.807) is 0 Å². The van der Waals surface area contributed by atoms with Crippen molar-refractivity contribution in [3.63, 3.8) is 0 Å². The summed E-state index contributed by atoms with van der Waals surface area (Å²) in [5.41, 5.74) is 25.5. The lowest BCUT2D eigenvalue weighted by atomic mass is 9.81. The molecule has 77 heavy (non-hydrogen) atoms. The van der Waals surface area contributed by atoms with Crippen LogP contribution in [0.25, 0.3) is 57.7 Å².